The Morgan fingerprint density at radius 3 is 2.11 bits per heavy atom. The lowest BCUT2D eigenvalue weighted by atomic mass is 9.92. The molecule has 0 aliphatic heterocycles. The maximum Gasteiger partial charge on any atom is 0.0717 e. The van der Waals surface area contributed by atoms with Crippen molar-refractivity contribution in [1.82, 2.24) is 4.90 Å². The van der Waals surface area contributed by atoms with Gasteiger partial charge in [-0.15, -0.1) is 11.6 Å². The van der Waals surface area contributed by atoms with E-state index < -0.39 is 0 Å². The van der Waals surface area contributed by atoms with Gasteiger partial charge in [-0.3, -0.25) is 4.90 Å². The largest absolute Gasteiger partial charge is 0.395 e. The summed E-state index contributed by atoms with van der Waals surface area (Å²) in [5.74, 6) is 0. The zero-order valence-corrected chi connectivity index (χ0v) is 13.5. The molecular formula is C16H26ClNO. The van der Waals surface area contributed by atoms with Crippen LogP contribution in [0.4, 0.5) is 0 Å². The molecule has 1 N–H and O–H groups in total. The smallest absolute Gasteiger partial charge is 0.0717 e. The Kier molecular flexibility index (Phi) is 6.31. The molecule has 3 heteroatoms. The van der Waals surface area contributed by atoms with E-state index in [-0.39, 0.29) is 12.0 Å². The van der Waals surface area contributed by atoms with Crippen LogP contribution in [-0.4, -0.2) is 36.2 Å². The van der Waals surface area contributed by atoms with Gasteiger partial charge in [0.05, 0.1) is 12.0 Å². The van der Waals surface area contributed by atoms with Gasteiger partial charge in [0.15, 0.2) is 0 Å². The van der Waals surface area contributed by atoms with Crippen molar-refractivity contribution in [3.8, 4) is 0 Å². The molecule has 1 rings (SSSR count). The molecule has 0 spiro atoms. The molecule has 2 nitrogen and oxygen atoms in total. The SMILES string of the molecule is CCN(CCO)CC(Cl)c1c(C)c(C)cc(C)c1C. The summed E-state index contributed by atoms with van der Waals surface area (Å²) in [7, 11) is 0. The van der Waals surface area contributed by atoms with Crippen molar-refractivity contribution in [1.29, 1.82) is 0 Å². The Morgan fingerprint density at radius 1 is 1.16 bits per heavy atom. The maximum absolute atomic E-state index is 9.06. The van der Waals surface area contributed by atoms with E-state index in [1.807, 2.05) is 0 Å². The fourth-order valence-electron chi connectivity index (χ4n) is 2.56. The number of hydrogen-bond donors (Lipinski definition) is 1. The second-order valence-corrected chi connectivity index (χ2v) is 5.79. The summed E-state index contributed by atoms with van der Waals surface area (Å²) in [5, 5.41) is 9.04. The second kappa shape index (κ2) is 7.28. The highest BCUT2D eigenvalue weighted by Gasteiger charge is 2.18. The molecule has 0 aliphatic carbocycles. The van der Waals surface area contributed by atoms with E-state index in [2.05, 4.69) is 45.6 Å². The first-order chi connectivity index (χ1) is 8.92. The average molecular weight is 284 g/mol. The van der Waals surface area contributed by atoms with Gasteiger partial charge >= 0.3 is 0 Å². The lowest BCUT2D eigenvalue weighted by molar-refractivity contribution is 0.202. The molecule has 1 atom stereocenters. The first kappa shape index (κ1) is 16.5. The fourth-order valence-corrected chi connectivity index (χ4v) is 3.08. The van der Waals surface area contributed by atoms with E-state index in [1.165, 1.54) is 27.8 Å². The number of hydrogen-bond acceptors (Lipinski definition) is 2. The summed E-state index contributed by atoms with van der Waals surface area (Å²) >= 11 is 6.65. The second-order valence-electron chi connectivity index (χ2n) is 5.26. The molecule has 0 saturated carbocycles. The molecule has 0 aliphatic rings. The van der Waals surface area contributed by atoms with Crippen molar-refractivity contribution >= 4 is 11.6 Å². The van der Waals surface area contributed by atoms with Crippen molar-refractivity contribution in [2.45, 2.75) is 40.0 Å². The molecule has 1 aromatic carbocycles. The number of nitrogens with zero attached hydrogens (tertiary/aromatic N) is 1. The van der Waals surface area contributed by atoms with E-state index in [0.29, 0.717) is 6.54 Å². The van der Waals surface area contributed by atoms with Crippen LogP contribution in [0.2, 0.25) is 0 Å². The molecule has 19 heavy (non-hydrogen) atoms. The first-order valence-electron chi connectivity index (χ1n) is 6.96. The Labute approximate surface area is 122 Å². The van der Waals surface area contributed by atoms with Crippen molar-refractivity contribution < 1.29 is 5.11 Å². The Bertz CT molecular complexity index is 405. The summed E-state index contributed by atoms with van der Waals surface area (Å²) < 4.78 is 0. The number of aryl methyl sites for hydroxylation is 2. The summed E-state index contributed by atoms with van der Waals surface area (Å²) in [4.78, 5) is 2.19. The molecule has 108 valence electrons. The maximum atomic E-state index is 9.06. The highest BCUT2D eigenvalue weighted by molar-refractivity contribution is 6.21. The molecule has 0 radical (unpaired) electrons. The van der Waals surface area contributed by atoms with Crippen molar-refractivity contribution in [2.75, 3.05) is 26.2 Å². The number of benzene rings is 1. The lowest BCUT2D eigenvalue weighted by Crippen LogP contribution is -2.30. The van der Waals surface area contributed by atoms with Gasteiger partial charge in [0.25, 0.3) is 0 Å². The van der Waals surface area contributed by atoms with Gasteiger partial charge in [-0.25, -0.2) is 0 Å². The third-order valence-corrected chi connectivity index (χ3v) is 4.38. The summed E-state index contributed by atoms with van der Waals surface area (Å²) in [6.45, 7) is 13.2. The van der Waals surface area contributed by atoms with Crippen molar-refractivity contribution in [3.63, 3.8) is 0 Å². The quantitative estimate of drug-likeness (QED) is 0.808. The number of likely N-dealkylation sites (N-methyl/N-ethyl adjacent to an activating group) is 1. The minimum Gasteiger partial charge on any atom is -0.395 e. The lowest BCUT2D eigenvalue weighted by Gasteiger charge is -2.25. The number of aliphatic hydroxyl groups excluding tert-OH is 1. The zero-order chi connectivity index (χ0) is 14.6. The normalized spacial score (nSPS) is 13.1. The minimum absolute atomic E-state index is 0.0231. The Balaban J connectivity index is 3.02. The van der Waals surface area contributed by atoms with Crippen LogP contribution >= 0.6 is 11.6 Å². The van der Waals surface area contributed by atoms with Crippen molar-refractivity contribution in [2.24, 2.45) is 0 Å². The molecule has 0 heterocycles. The monoisotopic (exact) mass is 283 g/mol. The van der Waals surface area contributed by atoms with E-state index >= 15 is 0 Å². The zero-order valence-electron chi connectivity index (χ0n) is 12.8. The average Bonchev–Trinajstić information content (AvgIpc) is 2.36. The van der Waals surface area contributed by atoms with Gasteiger partial charge in [0, 0.05) is 13.1 Å². The molecule has 1 aromatic rings. The van der Waals surface area contributed by atoms with Crippen LogP contribution in [0.25, 0.3) is 0 Å². The molecule has 0 fully saturated rings. The highest BCUT2D eigenvalue weighted by Crippen LogP contribution is 2.31. The van der Waals surface area contributed by atoms with Crippen LogP contribution in [0, 0.1) is 27.7 Å². The van der Waals surface area contributed by atoms with E-state index in [1.54, 1.807) is 0 Å². The van der Waals surface area contributed by atoms with Gasteiger partial charge in [-0.05, 0) is 62.1 Å². The molecule has 1 unspecified atom stereocenters. The summed E-state index contributed by atoms with van der Waals surface area (Å²) in [6.07, 6.45) is 0. The van der Waals surface area contributed by atoms with E-state index in [4.69, 9.17) is 16.7 Å². The summed E-state index contributed by atoms with van der Waals surface area (Å²) in [5.41, 5.74) is 6.45. The van der Waals surface area contributed by atoms with Crippen LogP contribution < -0.4 is 0 Å². The Morgan fingerprint density at radius 2 is 1.68 bits per heavy atom. The van der Waals surface area contributed by atoms with Crippen LogP contribution in [0.1, 0.15) is 40.1 Å². The predicted octanol–water partition coefficient (Wildman–Crippen LogP) is 3.51. The number of alkyl halides is 1. The number of rotatable bonds is 6. The van der Waals surface area contributed by atoms with E-state index in [0.717, 1.165) is 13.1 Å². The molecular weight excluding hydrogens is 258 g/mol. The summed E-state index contributed by atoms with van der Waals surface area (Å²) in [6, 6.07) is 2.23. The van der Waals surface area contributed by atoms with Gasteiger partial charge in [-0.1, -0.05) is 13.0 Å². The predicted molar refractivity (Wildman–Crippen MR) is 83.2 cm³/mol. The number of aliphatic hydroxyl groups is 1. The molecule has 0 saturated heterocycles. The third kappa shape index (κ3) is 3.95. The van der Waals surface area contributed by atoms with Gasteiger partial charge < -0.3 is 5.11 Å². The van der Waals surface area contributed by atoms with Crippen LogP contribution in [-0.2, 0) is 0 Å². The fraction of sp³-hybridized carbons (Fsp3) is 0.625. The first-order valence-corrected chi connectivity index (χ1v) is 7.40. The minimum atomic E-state index is -0.0231. The van der Waals surface area contributed by atoms with Crippen LogP contribution in [0.3, 0.4) is 0 Å². The topological polar surface area (TPSA) is 23.5 Å². The van der Waals surface area contributed by atoms with Gasteiger partial charge in [-0.2, -0.15) is 0 Å². The van der Waals surface area contributed by atoms with Crippen molar-refractivity contribution in [3.05, 3.63) is 33.9 Å². The third-order valence-electron chi connectivity index (χ3n) is 4.02. The Hall–Kier alpha value is -0.570. The van der Waals surface area contributed by atoms with Crippen LogP contribution in [0.5, 0.6) is 0 Å². The highest BCUT2D eigenvalue weighted by atomic mass is 35.5. The molecule has 0 amide bonds. The van der Waals surface area contributed by atoms with E-state index in [9.17, 15) is 0 Å². The van der Waals surface area contributed by atoms with Crippen LogP contribution in [0.15, 0.2) is 6.07 Å². The van der Waals surface area contributed by atoms with Gasteiger partial charge in [0.2, 0.25) is 0 Å². The standard InChI is InChI=1S/C16H26ClNO/c1-6-18(7-8-19)10-15(17)16-13(4)11(2)9-12(3)14(16)5/h9,15,19H,6-8,10H2,1-5H3. The molecule has 0 bridgehead atoms. The number of halogens is 1. The van der Waals surface area contributed by atoms with Gasteiger partial charge in [0.1, 0.15) is 0 Å². The molecule has 0 aromatic heterocycles.